The molecule has 0 aromatic heterocycles. The van der Waals surface area contributed by atoms with Crippen LogP contribution in [0.15, 0.2) is 4.99 Å². The number of aliphatic imine (C=N–C) groups is 1. The summed E-state index contributed by atoms with van der Waals surface area (Å²) in [4.78, 5) is 15.4. The number of ether oxygens (including phenoxy) is 1. The maximum absolute atomic E-state index is 11.1. The van der Waals surface area contributed by atoms with Crippen LogP contribution in [0.1, 0.15) is 40.0 Å². The summed E-state index contributed by atoms with van der Waals surface area (Å²) in [7, 11) is 0. The maximum Gasteiger partial charge on any atom is 0.311 e. The van der Waals surface area contributed by atoms with Crippen molar-refractivity contribution in [1.29, 1.82) is 0 Å². The molecule has 3 nitrogen and oxygen atoms in total. The van der Waals surface area contributed by atoms with Crippen LogP contribution in [0.25, 0.3) is 0 Å². The maximum atomic E-state index is 11.1. The van der Waals surface area contributed by atoms with Crippen molar-refractivity contribution in [2.24, 2.45) is 4.99 Å². The second kappa shape index (κ2) is 7.77. The summed E-state index contributed by atoms with van der Waals surface area (Å²) in [6, 6.07) is 0. The molecule has 0 amide bonds. The lowest BCUT2D eigenvalue weighted by atomic mass is 10.2. The molecule has 3 heteroatoms. The van der Waals surface area contributed by atoms with Gasteiger partial charge < -0.3 is 4.74 Å². The molecule has 0 unspecified atom stereocenters. The molecule has 0 heterocycles. The van der Waals surface area contributed by atoms with Gasteiger partial charge in [0.15, 0.2) is 0 Å². The van der Waals surface area contributed by atoms with Gasteiger partial charge in [0.2, 0.25) is 0 Å². The predicted molar refractivity (Wildman–Crippen MR) is 54.1 cm³/mol. The summed E-state index contributed by atoms with van der Waals surface area (Å²) in [6.45, 7) is 7.15. The zero-order valence-electron chi connectivity index (χ0n) is 8.80. The largest absolute Gasteiger partial charge is 0.466 e. The van der Waals surface area contributed by atoms with Gasteiger partial charge in [-0.25, -0.2) is 0 Å². The Morgan fingerprint density at radius 3 is 2.46 bits per heavy atom. The number of hydrogen-bond acceptors (Lipinski definition) is 3. The van der Waals surface area contributed by atoms with Gasteiger partial charge in [0, 0.05) is 12.3 Å². The average Bonchev–Trinajstić information content (AvgIpc) is 2.12. The van der Waals surface area contributed by atoms with Crippen LogP contribution in [0.2, 0.25) is 0 Å². The monoisotopic (exact) mass is 185 g/mol. The number of esters is 1. The molecule has 0 aliphatic heterocycles. The Labute approximate surface area is 80.2 Å². The number of hydrogen-bond donors (Lipinski definition) is 0. The van der Waals surface area contributed by atoms with Crippen molar-refractivity contribution in [3.63, 3.8) is 0 Å². The van der Waals surface area contributed by atoms with Crippen LogP contribution >= 0.6 is 0 Å². The molecule has 0 rings (SSSR count). The first-order valence-corrected chi connectivity index (χ1v) is 4.92. The molecule has 0 saturated carbocycles. The van der Waals surface area contributed by atoms with Gasteiger partial charge in [-0.3, -0.25) is 9.79 Å². The van der Waals surface area contributed by atoms with Crippen molar-refractivity contribution in [1.82, 2.24) is 0 Å². The summed E-state index contributed by atoms with van der Waals surface area (Å²) in [6.07, 6.45) is 2.20. The molecule has 0 radical (unpaired) electrons. The highest BCUT2D eigenvalue weighted by molar-refractivity contribution is 5.98. The Hall–Kier alpha value is -0.860. The lowest BCUT2D eigenvalue weighted by Crippen LogP contribution is -2.11. The van der Waals surface area contributed by atoms with Gasteiger partial charge in [0.25, 0.3) is 0 Å². The second-order valence-electron chi connectivity index (χ2n) is 2.78. The summed E-state index contributed by atoms with van der Waals surface area (Å²) in [5.74, 6) is -0.167. The van der Waals surface area contributed by atoms with E-state index in [1.165, 1.54) is 0 Å². The Bertz CT molecular complexity index is 176. The van der Waals surface area contributed by atoms with E-state index in [4.69, 9.17) is 4.74 Å². The van der Waals surface area contributed by atoms with Crippen LogP contribution in [0.3, 0.4) is 0 Å². The molecule has 0 aromatic rings. The van der Waals surface area contributed by atoms with E-state index in [9.17, 15) is 4.79 Å². The van der Waals surface area contributed by atoms with Crippen molar-refractivity contribution >= 4 is 11.7 Å². The summed E-state index contributed by atoms with van der Waals surface area (Å²) in [5.41, 5.74) is 0.945. The summed E-state index contributed by atoms with van der Waals surface area (Å²) in [5, 5.41) is 0. The normalized spacial score (nSPS) is 11.5. The van der Waals surface area contributed by atoms with Crippen LogP contribution in [-0.2, 0) is 9.53 Å². The fourth-order valence-electron chi connectivity index (χ4n) is 0.941. The first kappa shape index (κ1) is 12.1. The minimum Gasteiger partial charge on any atom is -0.466 e. The van der Waals surface area contributed by atoms with Crippen LogP contribution in [-0.4, -0.2) is 24.8 Å². The molecule has 0 aliphatic carbocycles. The smallest absolute Gasteiger partial charge is 0.311 e. The Morgan fingerprint density at radius 1 is 1.31 bits per heavy atom. The van der Waals surface area contributed by atoms with Gasteiger partial charge in [0.05, 0.1) is 13.0 Å². The van der Waals surface area contributed by atoms with Crippen LogP contribution < -0.4 is 0 Å². The van der Waals surface area contributed by atoms with Gasteiger partial charge in [-0.15, -0.1) is 0 Å². The van der Waals surface area contributed by atoms with E-state index in [-0.39, 0.29) is 5.97 Å². The zero-order valence-corrected chi connectivity index (χ0v) is 8.80. The van der Waals surface area contributed by atoms with Gasteiger partial charge >= 0.3 is 5.97 Å². The Morgan fingerprint density at radius 2 is 2.00 bits per heavy atom. The number of rotatable bonds is 6. The molecule has 0 atom stereocenters. The minimum atomic E-state index is -0.167. The zero-order chi connectivity index (χ0) is 10.1. The van der Waals surface area contributed by atoms with E-state index in [2.05, 4.69) is 11.9 Å². The van der Waals surface area contributed by atoms with E-state index in [0.717, 1.165) is 25.1 Å². The standard InChI is InChI=1S/C10H19NO2/c1-4-7-11-9(5-2)8-10(12)13-6-3/h4-8H2,1-3H3. The van der Waals surface area contributed by atoms with E-state index >= 15 is 0 Å². The molecule has 13 heavy (non-hydrogen) atoms. The Kier molecular flexibility index (Phi) is 7.26. The van der Waals surface area contributed by atoms with E-state index in [1.54, 1.807) is 0 Å². The topological polar surface area (TPSA) is 38.7 Å². The molecule has 0 saturated heterocycles. The molecule has 76 valence electrons. The predicted octanol–water partition coefficient (Wildman–Crippen LogP) is 2.20. The number of nitrogens with zero attached hydrogens (tertiary/aromatic N) is 1. The molecule has 0 fully saturated rings. The van der Waals surface area contributed by atoms with Gasteiger partial charge in [-0.2, -0.15) is 0 Å². The van der Waals surface area contributed by atoms with Crippen LogP contribution in [0, 0.1) is 0 Å². The molecule has 0 spiro atoms. The number of carbonyl (C=O) groups is 1. The summed E-state index contributed by atoms with van der Waals surface area (Å²) < 4.78 is 4.83. The van der Waals surface area contributed by atoms with Crippen LogP contribution in [0.5, 0.6) is 0 Å². The van der Waals surface area contributed by atoms with Crippen LogP contribution in [0.4, 0.5) is 0 Å². The van der Waals surface area contributed by atoms with Crippen molar-refractivity contribution in [3.05, 3.63) is 0 Å². The van der Waals surface area contributed by atoms with E-state index in [0.29, 0.717) is 13.0 Å². The molecule has 0 aromatic carbocycles. The lowest BCUT2D eigenvalue weighted by Gasteiger charge is -2.03. The molecule has 0 N–H and O–H groups in total. The molecular formula is C10H19NO2. The van der Waals surface area contributed by atoms with Gasteiger partial charge in [-0.05, 0) is 19.8 Å². The fourth-order valence-corrected chi connectivity index (χ4v) is 0.941. The molecular weight excluding hydrogens is 166 g/mol. The van der Waals surface area contributed by atoms with E-state index in [1.807, 2.05) is 13.8 Å². The highest BCUT2D eigenvalue weighted by atomic mass is 16.5. The van der Waals surface area contributed by atoms with Crippen molar-refractivity contribution in [2.45, 2.75) is 40.0 Å². The third-order valence-electron chi connectivity index (χ3n) is 1.62. The highest BCUT2D eigenvalue weighted by Crippen LogP contribution is 1.97. The molecule has 0 bridgehead atoms. The SMILES string of the molecule is CCCN=C(CC)CC(=O)OCC. The Balaban J connectivity index is 3.89. The first-order valence-electron chi connectivity index (χ1n) is 4.92. The average molecular weight is 185 g/mol. The third kappa shape index (κ3) is 6.31. The van der Waals surface area contributed by atoms with Crippen molar-refractivity contribution in [2.75, 3.05) is 13.2 Å². The highest BCUT2D eigenvalue weighted by Gasteiger charge is 2.05. The molecule has 0 aliphatic rings. The fraction of sp³-hybridized carbons (Fsp3) is 0.800. The van der Waals surface area contributed by atoms with Crippen molar-refractivity contribution < 1.29 is 9.53 Å². The number of carbonyl (C=O) groups excluding carboxylic acids is 1. The second-order valence-corrected chi connectivity index (χ2v) is 2.78. The summed E-state index contributed by atoms with van der Waals surface area (Å²) >= 11 is 0. The minimum absolute atomic E-state index is 0.167. The van der Waals surface area contributed by atoms with Gasteiger partial charge in [-0.1, -0.05) is 13.8 Å². The third-order valence-corrected chi connectivity index (χ3v) is 1.62. The van der Waals surface area contributed by atoms with Crippen molar-refractivity contribution in [3.8, 4) is 0 Å². The van der Waals surface area contributed by atoms with Gasteiger partial charge in [0.1, 0.15) is 0 Å². The first-order chi connectivity index (χ1) is 6.24. The van der Waals surface area contributed by atoms with E-state index < -0.39 is 0 Å². The lowest BCUT2D eigenvalue weighted by molar-refractivity contribution is -0.141. The quantitative estimate of drug-likeness (QED) is 0.470.